The van der Waals surface area contributed by atoms with E-state index >= 15 is 0 Å². The van der Waals surface area contributed by atoms with Gasteiger partial charge in [-0.2, -0.15) is 0 Å². The second kappa shape index (κ2) is 6.13. The van der Waals surface area contributed by atoms with Gasteiger partial charge in [0.2, 0.25) is 0 Å². The number of nitrogens with one attached hydrogen (secondary N) is 2. The molecular weight excluding hydrogens is 378 g/mol. The van der Waals surface area contributed by atoms with E-state index in [1.165, 1.54) is 11.6 Å². The summed E-state index contributed by atoms with van der Waals surface area (Å²) < 4.78 is 2.63. The molecule has 0 atom stereocenters. The van der Waals surface area contributed by atoms with Gasteiger partial charge in [0.15, 0.2) is 5.82 Å². The van der Waals surface area contributed by atoms with Gasteiger partial charge in [-0.3, -0.25) is 13.9 Å². The molecule has 0 bridgehead atoms. The van der Waals surface area contributed by atoms with Crippen LogP contribution in [0.4, 0.5) is 23.0 Å². The second-order valence-corrected chi connectivity index (χ2v) is 7.74. The van der Waals surface area contributed by atoms with Crippen molar-refractivity contribution < 1.29 is 0 Å². The average molecular weight is 395 g/mol. The molecule has 0 fully saturated rings. The lowest BCUT2D eigenvalue weighted by atomic mass is 10.2. The molecule has 0 aliphatic carbocycles. The van der Waals surface area contributed by atoms with E-state index in [0.29, 0.717) is 24.7 Å². The first kappa shape index (κ1) is 16.9. The molecule has 2 aromatic heterocycles. The van der Waals surface area contributed by atoms with Crippen LogP contribution in [0.5, 0.6) is 0 Å². The predicted molar refractivity (Wildman–Crippen MR) is 107 cm³/mol. The molecular formula is C18H17N7O2S. The van der Waals surface area contributed by atoms with Gasteiger partial charge in [0.05, 0.1) is 12.4 Å². The summed E-state index contributed by atoms with van der Waals surface area (Å²) in [6.45, 7) is 1.03. The monoisotopic (exact) mass is 395 g/mol. The Balaban J connectivity index is 1.47. The van der Waals surface area contributed by atoms with Crippen LogP contribution in [0.2, 0.25) is 0 Å². The van der Waals surface area contributed by atoms with Gasteiger partial charge in [0, 0.05) is 37.9 Å². The zero-order valence-electron chi connectivity index (χ0n) is 15.3. The van der Waals surface area contributed by atoms with Crippen LogP contribution in [-0.4, -0.2) is 25.8 Å². The van der Waals surface area contributed by atoms with Gasteiger partial charge in [-0.1, -0.05) is 17.8 Å². The highest BCUT2D eigenvalue weighted by Crippen LogP contribution is 2.42. The van der Waals surface area contributed by atoms with E-state index in [-0.39, 0.29) is 11.2 Å². The number of aromatic nitrogens is 4. The summed E-state index contributed by atoms with van der Waals surface area (Å²) in [4.78, 5) is 36.4. The number of nitrogens with zero attached hydrogens (tertiary/aromatic N) is 5. The number of benzene rings is 1. The van der Waals surface area contributed by atoms with Gasteiger partial charge in [-0.15, -0.1) is 0 Å². The van der Waals surface area contributed by atoms with Gasteiger partial charge in [0.1, 0.15) is 16.5 Å². The molecule has 5 rings (SSSR count). The predicted octanol–water partition coefficient (Wildman–Crippen LogP) is 1.47. The minimum atomic E-state index is -0.337. The van der Waals surface area contributed by atoms with Gasteiger partial charge < -0.3 is 15.5 Å². The second-order valence-electron chi connectivity index (χ2n) is 6.70. The van der Waals surface area contributed by atoms with Crippen molar-refractivity contribution in [3.05, 3.63) is 57.0 Å². The summed E-state index contributed by atoms with van der Waals surface area (Å²) in [5.74, 6) is 1.36. The Kier molecular flexibility index (Phi) is 3.69. The summed E-state index contributed by atoms with van der Waals surface area (Å²) in [5.41, 5.74) is 1.85. The Morgan fingerprint density at radius 3 is 2.82 bits per heavy atom. The van der Waals surface area contributed by atoms with Crippen molar-refractivity contribution in [1.82, 2.24) is 19.1 Å². The number of anilines is 4. The van der Waals surface area contributed by atoms with Gasteiger partial charge >= 0.3 is 5.69 Å². The molecule has 2 N–H and O–H groups in total. The highest BCUT2D eigenvalue weighted by atomic mass is 32.2. The minimum Gasteiger partial charge on any atom is -0.360 e. The first-order valence-electron chi connectivity index (χ1n) is 8.70. The maximum Gasteiger partial charge on any atom is 0.332 e. The smallest absolute Gasteiger partial charge is 0.332 e. The minimum absolute atomic E-state index is 0.306. The molecule has 9 nitrogen and oxygen atoms in total. The van der Waals surface area contributed by atoms with Crippen LogP contribution in [0.25, 0.3) is 0 Å². The lowest BCUT2D eigenvalue weighted by Crippen LogP contribution is -2.38. The van der Waals surface area contributed by atoms with Crippen molar-refractivity contribution >= 4 is 34.8 Å². The largest absolute Gasteiger partial charge is 0.360 e. The Bertz CT molecular complexity index is 1230. The van der Waals surface area contributed by atoms with E-state index in [9.17, 15) is 9.59 Å². The molecule has 0 saturated heterocycles. The summed E-state index contributed by atoms with van der Waals surface area (Å²) in [6, 6.07) is 6.16. The normalized spacial score (nSPS) is 14.0. The number of hydrogen-bond donors (Lipinski definition) is 2. The fraction of sp³-hybridized carbons (Fsp3) is 0.222. The van der Waals surface area contributed by atoms with Crippen LogP contribution >= 0.6 is 11.8 Å². The number of fused-ring (bicyclic) bond motifs is 3. The van der Waals surface area contributed by atoms with Crippen LogP contribution in [-0.2, 0) is 20.6 Å². The standard InChI is InChI=1S/C18H17N7O2S/c1-23-16-13(17(26)24(2)18(23)27)21-9-25(16)8-10-3-4-12-11(7-10)22-14-15(28-12)20-6-5-19-14/h3-7,21H,8-9H2,1-2H3,(H,19,22). The van der Waals surface area contributed by atoms with E-state index in [1.54, 1.807) is 31.2 Å². The molecule has 0 amide bonds. The lowest BCUT2D eigenvalue weighted by Gasteiger charge is -2.23. The van der Waals surface area contributed by atoms with E-state index < -0.39 is 0 Å². The molecule has 142 valence electrons. The highest BCUT2D eigenvalue weighted by Gasteiger charge is 2.27. The molecule has 10 heteroatoms. The molecule has 0 saturated carbocycles. The van der Waals surface area contributed by atoms with E-state index in [2.05, 4.69) is 26.7 Å². The third-order valence-corrected chi connectivity index (χ3v) is 5.99. The van der Waals surface area contributed by atoms with Gasteiger partial charge in [-0.25, -0.2) is 14.8 Å². The van der Waals surface area contributed by atoms with Crippen LogP contribution in [0.3, 0.4) is 0 Å². The van der Waals surface area contributed by atoms with E-state index in [0.717, 1.165) is 31.6 Å². The van der Waals surface area contributed by atoms with Crippen molar-refractivity contribution in [2.75, 3.05) is 22.2 Å². The van der Waals surface area contributed by atoms with Gasteiger partial charge in [-0.05, 0) is 17.7 Å². The topological polar surface area (TPSA) is 97.1 Å². The maximum absolute atomic E-state index is 12.4. The van der Waals surface area contributed by atoms with Crippen LogP contribution in [0, 0.1) is 0 Å². The fourth-order valence-electron chi connectivity index (χ4n) is 3.54. The van der Waals surface area contributed by atoms with Crippen molar-refractivity contribution in [1.29, 1.82) is 0 Å². The SMILES string of the molecule is Cn1c2c(c(=O)n(C)c1=O)NCN2Cc1ccc2c(c1)Nc1nccnc1S2. The van der Waals surface area contributed by atoms with E-state index in [1.807, 2.05) is 17.0 Å². The highest BCUT2D eigenvalue weighted by molar-refractivity contribution is 7.99. The summed E-state index contributed by atoms with van der Waals surface area (Å²) in [5, 5.41) is 7.30. The van der Waals surface area contributed by atoms with E-state index in [4.69, 9.17) is 0 Å². The molecule has 28 heavy (non-hydrogen) atoms. The van der Waals surface area contributed by atoms with Crippen molar-refractivity contribution in [2.24, 2.45) is 14.1 Å². The lowest BCUT2D eigenvalue weighted by molar-refractivity contribution is 0.680. The molecule has 0 spiro atoms. The Morgan fingerprint density at radius 2 is 1.96 bits per heavy atom. The number of hydrogen-bond acceptors (Lipinski definition) is 8. The summed E-state index contributed by atoms with van der Waals surface area (Å²) >= 11 is 1.58. The number of rotatable bonds is 2. The quantitative estimate of drug-likeness (QED) is 0.527. The van der Waals surface area contributed by atoms with Crippen molar-refractivity contribution in [3.8, 4) is 0 Å². The van der Waals surface area contributed by atoms with Crippen LogP contribution in [0.15, 0.2) is 50.1 Å². The third kappa shape index (κ3) is 2.48. The molecule has 2 aliphatic rings. The summed E-state index contributed by atoms with van der Waals surface area (Å²) in [6.07, 6.45) is 3.34. The van der Waals surface area contributed by atoms with Crippen molar-refractivity contribution in [3.63, 3.8) is 0 Å². The molecule has 0 unspecified atom stereocenters. The molecule has 2 aliphatic heterocycles. The zero-order valence-corrected chi connectivity index (χ0v) is 16.1. The zero-order chi connectivity index (χ0) is 19.4. The molecule has 0 radical (unpaired) electrons. The Labute approximate surface area is 164 Å². The summed E-state index contributed by atoms with van der Waals surface area (Å²) in [7, 11) is 3.17. The fourth-order valence-corrected chi connectivity index (χ4v) is 4.42. The first-order chi connectivity index (χ1) is 13.5. The average Bonchev–Trinajstić information content (AvgIpc) is 3.12. The Morgan fingerprint density at radius 1 is 1.14 bits per heavy atom. The maximum atomic E-state index is 12.4. The van der Waals surface area contributed by atoms with Crippen LogP contribution < -0.4 is 26.8 Å². The van der Waals surface area contributed by atoms with Gasteiger partial charge in [0.25, 0.3) is 5.56 Å². The first-order valence-corrected chi connectivity index (χ1v) is 9.52. The Hall–Kier alpha value is -3.27. The molecule has 3 aromatic rings. The third-order valence-electron chi connectivity index (χ3n) is 4.92. The molecule has 4 heterocycles. The van der Waals surface area contributed by atoms with Crippen LogP contribution in [0.1, 0.15) is 5.56 Å². The van der Waals surface area contributed by atoms with Crippen molar-refractivity contribution in [2.45, 2.75) is 16.5 Å². The molecule has 1 aromatic carbocycles.